The second-order valence-corrected chi connectivity index (χ2v) is 6.45. The second kappa shape index (κ2) is 7.07. The summed E-state index contributed by atoms with van der Waals surface area (Å²) in [4.78, 5) is 12.6. The van der Waals surface area contributed by atoms with E-state index in [4.69, 9.17) is 0 Å². The number of aryl methyl sites for hydroxylation is 2. The molecule has 0 fully saturated rings. The maximum Gasteiger partial charge on any atom is 0.274 e. The average molecular weight is 352 g/mol. The van der Waals surface area contributed by atoms with E-state index in [1.54, 1.807) is 16.8 Å². The Morgan fingerprint density at radius 1 is 1.08 bits per heavy atom. The molecule has 0 aliphatic heterocycles. The van der Waals surface area contributed by atoms with Crippen molar-refractivity contribution in [2.45, 2.75) is 33.7 Å². The van der Waals surface area contributed by atoms with Crippen LogP contribution in [0.3, 0.4) is 0 Å². The summed E-state index contributed by atoms with van der Waals surface area (Å²) in [7, 11) is 0. The minimum atomic E-state index is -0.311. The van der Waals surface area contributed by atoms with Crippen molar-refractivity contribution in [2.75, 3.05) is 0 Å². The van der Waals surface area contributed by atoms with Crippen molar-refractivity contribution in [3.63, 3.8) is 0 Å². The Morgan fingerprint density at radius 2 is 1.77 bits per heavy atom. The molecule has 6 heteroatoms. The van der Waals surface area contributed by atoms with Gasteiger partial charge in [0.25, 0.3) is 5.91 Å². The van der Waals surface area contributed by atoms with Crippen molar-refractivity contribution in [2.24, 2.45) is 0 Å². The number of amides is 1. The van der Waals surface area contributed by atoms with Gasteiger partial charge in [-0.15, -0.1) is 5.10 Å². The summed E-state index contributed by atoms with van der Waals surface area (Å²) in [5.74, 6) is -0.617. The van der Waals surface area contributed by atoms with Crippen LogP contribution in [-0.2, 0) is 0 Å². The predicted octanol–water partition coefficient (Wildman–Crippen LogP) is 3.82. The first-order valence-corrected chi connectivity index (χ1v) is 8.43. The SMILES string of the molecule is Cc1ccc(-n2nnc(C(=O)N[C@H](C)c3ccc(F)cc3)c2C)cc1C. The van der Waals surface area contributed by atoms with Crippen LogP contribution in [0.1, 0.15) is 45.8 Å². The molecule has 3 rings (SSSR count). The normalized spacial score (nSPS) is 12.0. The van der Waals surface area contributed by atoms with Crippen LogP contribution in [0.5, 0.6) is 0 Å². The molecule has 1 amide bonds. The molecule has 0 unspecified atom stereocenters. The Balaban J connectivity index is 1.81. The number of aromatic nitrogens is 3. The van der Waals surface area contributed by atoms with E-state index in [0.717, 1.165) is 16.8 Å². The third-order valence-electron chi connectivity index (χ3n) is 4.56. The molecular formula is C20H21FN4O. The van der Waals surface area contributed by atoms with Gasteiger partial charge in [-0.3, -0.25) is 4.79 Å². The highest BCUT2D eigenvalue weighted by Gasteiger charge is 2.19. The van der Waals surface area contributed by atoms with Crippen LogP contribution >= 0.6 is 0 Å². The van der Waals surface area contributed by atoms with Gasteiger partial charge < -0.3 is 5.32 Å². The van der Waals surface area contributed by atoms with Crippen molar-refractivity contribution >= 4 is 5.91 Å². The molecule has 0 bridgehead atoms. The van der Waals surface area contributed by atoms with Crippen LogP contribution in [0.25, 0.3) is 5.69 Å². The first kappa shape index (κ1) is 17.8. The number of benzene rings is 2. The Morgan fingerprint density at radius 3 is 2.42 bits per heavy atom. The minimum absolute atomic E-state index is 0.269. The highest BCUT2D eigenvalue weighted by Crippen LogP contribution is 2.18. The Hall–Kier alpha value is -3.02. The summed E-state index contributed by atoms with van der Waals surface area (Å²) < 4.78 is 14.7. The van der Waals surface area contributed by atoms with Crippen molar-refractivity contribution in [3.05, 3.63) is 76.4 Å². The standard InChI is InChI=1S/C20H21FN4O/c1-12-5-10-18(11-13(12)2)25-15(4)19(23-24-25)20(26)22-14(3)16-6-8-17(21)9-7-16/h5-11,14H,1-4H3,(H,22,26)/t14-/m1/s1. The fourth-order valence-corrected chi connectivity index (χ4v) is 2.74. The number of halogens is 1. The van der Waals surface area contributed by atoms with Crippen LogP contribution in [0.15, 0.2) is 42.5 Å². The van der Waals surface area contributed by atoms with Crippen molar-refractivity contribution in [1.82, 2.24) is 20.3 Å². The fraction of sp³-hybridized carbons (Fsp3) is 0.250. The molecule has 0 saturated carbocycles. The summed E-state index contributed by atoms with van der Waals surface area (Å²) >= 11 is 0. The van der Waals surface area contributed by atoms with Crippen molar-refractivity contribution < 1.29 is 9.18 Å². The Kier molecular flexibility index (Phi) is 4.84. The van der Waals surface area contributed by atoms with Gasteiger partial charge in [0.2, 0.25) is 0 Å². The number of carbonyl (C=O) groups is 1. The molecule has 3 aromatic rings. The van der Waals surface area contributed by atoms with Gasteiger partial charge in [-0.2, -0.15) is 0 Å². The number of hydrogen-bond donors (Lipinski definition) is 1. The highest BCUT2D eigenvalue weighted by atomic mass is 19.1. The smallest absolute Gasteiger partial charge is 0.274 e. The molecule has 0 aliphatic rings. The van der Waals surface area contributed by atoms with Gasteiger partial charge in [0.1, 0.15) is 5.82 Å². The second-order valence-electron chi connectivity index (χ2n) is 6.45. The number of hydrogen-bond acceptors (Lipinski definition) is 3. The molecule has 2 aromatic carbocycles. The van der Waals surface area contributed by atoms with Gasteiger partial charge in [-0.05, 0) is 68.7 Å². The zero-order valence-electron chi connectivity index (χ0n) is 15.2. The molecule has 134 valence electrons. The first-order chi connectivity index (χ1) is 12.4. The summed E-state index contributed by atoms with van der Waals surface area (Å²) in [6, 6.07) is 11.8. The summed E-state index contributed by atoms with van der Waals surface area (Å²) in [6.45, 7) is 7.73. The van der Waals surface area contributed by atoms with E-state index >= 15 is 0 Å². The topological polar surface area (TPSA) is 59.8 Å². The lowest BCUT2D eigenvalue weighted by Gasteiger charge is -2.13. The van der Waals surface area contributed by atoms with Crippen molar-refractivity contribution in [3.8, 4) is 5.69 Å². The summed E-state index contributed by atoms with van der Waals surface area (Å²) in [5, 5.41) is 11.1. The lowest BCUT2D eigenvalue weighted by Crippen LogP contribution is -2.27. The zero-order valence-corrected chi connectivity index (χ0v) is 15.2. The van der Waals surface area contributed by atoms with Gasteiger partial charge in [-0.1, -0.05) is 23.4 Å². The van der Waals surface area contributed by atoms with E-state index in [2.05, 4.69) is 15.6 Å². The van der Waals surface area contributed by atoms with E-state index in [1.165, 1.54) is 17.7 Å². The average Bonchev–Trinajstić information content (AvgIpc) is 2.99. The van der Waals surface area contributed by atoms with Gasteiger partial charge in [0, 0.05) is 0 Å². The summed E-state index contributed by atoms with van der Waals surface area (Å²) in [5.41, 5.74) is 4.96. The molecule has 1 heterocycles. The molecule has 0 radical (unpaired) electrons. The first-order valence-electron chi connectivity index (χ1n) is 8.43. The number of nitrogens with one attached hydrogen (secondary N) is 1. The van der Waals surface area contributed by atoms with Crippen LogP contribution in [0.4, 0.5) is 4.39 Å². The third-order valence-corrected chi connectivity index (χ3v) is 4.56. The predicted molar refractivity (Wildman–Crippen MR) is 97.9 cm³/mol. The van der Waals surface area contributed by atoms with E-state index in [1.807, 2.05) is 45.9 Å². The van der Waals surface area contributed by atoms with Gasteiger partial charge in [-0.25, -0.2) is 9.07 Å². The molecule has 1 aromatic heterocycles. The Bertz CT molecular complexity index is 947. The molecule has 0 saturated heterocycles. The van der Waals surface area contributed by atoms with Gasteiger partial charge in [0.05, 0.1) is 17.4 Å². The fourth-order valence-electron chi connectivity index (χ4n) is 2.74. The molecule has 1 atom stereocenters. The third kappa shape index (κ3) is 3.49. The molecule has 0 aliphatic carbocycles. The molecular weight excluding hydrogens is 331 g/mol. The van der Waals surface area contributed by atoms with Gasteiger partial charge >= 0.3 is 0 Å². The molecule has 5 nitrogen and oxygen atoms in total. The van der Waals surface area contributed by atoms with Crippen LogP contribution < -0.4 is 5.32 Å². The van der Waals surface area contributed by atoms with Gasteiger partial charge in [0.15, 0.2) is 5.69 Å². The maximum absolute atomic E-state index is 13.0. The number of nitrogens with zero attached hydrogens (tertiary/aromatic N) is 3. The van der Waals surface area contributed by atoms with E-state index in [0.29, 0.717) is 5.69 Å². The zero-order chi connectivity index (χ0) is 18.8. The lowest BCUT2D eigenvalue weighted by molar-refractivity contribution is 0.0934. The number of rotatable bonds is 4. The monoisotopic (exact) mass is 352 g/mol. The quantitative estimate of drug-likeness (QED) is 0.776. The van der Waals surface area contributed by atoms with E-state index < -0.39 is 0 Å². The lowest BCUT2D eigenvalue weighted by atomic mass is 10.1. The molecule has 1 N–H and O–H groups in total. The Labute approximate surface area is 151 Å². The van der Waals surface area contributed by atoms with E-state index in [-0.39, 0.29) is 23.5 Å². The van der Waals surface area contributed by atoms with Crippen LogP contribution in [-0.4, -0.2) is 20.9 Å². The highest BCUT2D eigenvalue weighted by molar-refractivity contribution is 5.93. The molecule has 26 heavy (non-hydrogen) atoms. The summed E-state index contributed by atoms with van der Waals surface area (Å²) in [6.07, 6.45) is 0. The van der Waals surface area contributed by atoms with E-state index in [9.17, 15) is 9.18 Å². The maximum atomic E-state index is 13.0. The van der Waals surface area contributed by atoms with Crippen LogP contribution in [0, 0.1) is 26.6 Å². The minimum Gasteiger partial charge on any atom is -0.344 e. The van der Waals surface area contributed by atoms with Crippen LogP contribution in [0.2, 0.25) is 0 Å². The number of carbonyl (C=O) groups excluding carboxylic acids is 1. The van der Waals surface area contributed by atoms with Crippen molar-refractivity contribution in [1.29, 1.82) is 0 Å². The molecule has 0 spiro atoms. The largest absolute Gasteiger partial charge is 0.344 e.